The van der Waals surface area contributed by atoms with E-state index in [4.69, 9.17) is 4.74 Å². The molecule has 0 amide bonds. The number of hydrogen-bond acceptors (Lipinski definition) is 3. The molecule has 0 fully saturated rings. The Morgan fingerprint density at radius 2 is 1.90 bits per heavy atom. The van der Waals surface area contributed by atoms with Crippen molar-refractivity contribution in [3.63, 3.8) is 0 Å². The summed E-state index contributed by atoms with van der Waals surface area (Å²) in [6.07, 6.45) is 2.79. The van der Waals surface area contributed by atoms with Gasteiger partial charge in [-0.05, 0) is 56.5 Å². The molecule has 0 radical (unpaired) electrons. The summed E-state index contributed by atoms with van der Waals surface area (Å²) in [4.78, 5) is 4.28. The molecule has 1 aromatic carbocycles. The van der Waals surface area contributed by atoms with Gasteiger partial charge in [0.25, 0.3) is 0 Å². The van der Waals surface area contributed by atoms with Gasteiger partial charge in [0.2, 0.25) is 5.88 Å². The quantitative estimate of drug-likeness (QED) is 0.887. The van der Waals surface area contributed by atoms with E-state index in [9.17, 15) is 0 Å². The molecular weight excluding hydrogens is 260 g/mol. The molecule has 0 unspecified atom stereocenters. The molecule has 0 spiro atoms. The second-order valence-corrected chi connectivity index (χ2v) is 6.21. The van der Waals surface area contributed by atoms with Crippen LogP contribution in [0.5, 0.6) is 11.6 Å². The largest absolute Gasteiger partial charge is 0.439 e. The van der Waals surface area contributed by atoms with Crippen LogP contribution >= 0.6 is 0 Å². The molecule has 0 aliphatic heterocycles. The zero-order chi connectivity index (χ0) is 15.3. The minimum Gasteiger partial charge on any atom is -0.439 e. The second-order valence-electron chi connectivity index (χ2n) is 6.21. The third-order valence-electron chi connectivity index (χ3n) is 3.15. The van der Waals surface area contributed by atoms with Gasteiger partial charge in [0.1, 0.15) is 5.75 Å². The molecule has 1 aromatic heterocycles. The van der Waals surface area contributed by atoms with Crippen LogP contribution < -0.4 is 10.1 Å². The number of nitrogens with zero attached hydrogens (tertiary/aromatic N) is 1. The Labute approximate surface area is 127 Å². The first kappa shape index (κ1) is 15.5. The predicted molar refractivity (Wildman–Crippen MR) is 86.7 cm³/mol. The van der Waals surface area contributed by atoms with E-state index in [1.54, 1.807) is 6.20 Å². The lowest BCUT2D eigenvalue weighted by molar-refractivity contribution is 0.421. The zero-order valence-electron chi connectivity index (χ0n) is 13.3. The smallest absolute Gasteiger partial charge is 0.219 e. The highest BCUT2D eigenvalue weighted by Gasteiger charge is 2.09. The number of rotatable bonds is 5. The molecule has 3 nitrogen and oxygen atoms in total. The van der Waals surface area contributed by atoms with Crippen molar-refractivity contribution in [3.8, 4) is 11.6 Å². The van der Waals surface area contributed by atoms with Crippen LogP contribution in [0.4, 0.5) is 0 Å². The first-order valence-corrected chi connectivity index (χ1v) is 7.43. The van der Waals surface area contributed by atoms with E-state index in [-0.39, 0.29) is 5.54 Å². The molecule has 0 aliphatic rings. The first-order valence-electron chi connectivity index (χ1n) is 7.43. The summed E-state index contributed by atoms with van der Waals surface area (Å²) < 4.78 is 5.85. The SMILES string of the molecule is CCc1cccc(Oc2cc(CNC(C)(C)C)ccn2)c1. The molecule has 0 saturated carbocycles. The summed E-state index contributed by atoms with van der Waals surface area (Å²) in [5.41, 5.74) is 2.53. The van der Waals surface area contributed by atoms with E-state index in [1.807, 2.05) is 24.3 Å². The fourth-order valence-electron chi connectivity index (χ4n) is 1.93. The zero-order valence-corrected chi connectivity index (χ0v) is 13.3. The van der Waals surface area contributed by atoms with E-state index in [0.717, 1.165) is 18.7 Å². The van der Waals surface area contributed by atoms with E-state index < -0.39 is 0 Å². The molecule has 0 aliphatic carbocycles. The Bertz CT molecular complexity index is 588. The maximum atomic E-state index is 5.85. The van der Waals surface area contributed by atoms with Crippen molar-refractivity contribution >= 4 is 0 Å². The number of benzene rings is 1. The number of nitrogens with one attached hydrogen (secondary N) is 1. The first-order chi connectivity index (χ1) is 9.96. The van der Waals surface area contributed by atoms with Gasteiger partial charge in [-0.3, -0.25) is 0 Å². The van der Waals surface area contributed by atoms with Crippen molar-refractivity contribution in [1.82, 2.24) is 10.3 Å². The fraction of sp³-hybridized carbons (Fsp3) is 0.389. The molecule has 2 aromatic rings. The summed E-state index contributed by atoms with van der Waals surface area (Å²) in [5, 5.41) is 3.46. The molecular formula is C18H24N2O. The van der Waals surface area contributed by atoms with E-state index >= 15 is 0 Å². The molecule has 0 atom stereocenters. The molecule has 1 N–H and O–H groups in total. The van der Waals surface area contributed by atoms with Gasteiger partial charge in [-0.1, -0.05) is 19.1 Å². The molecule has 0 saturated heterocycles. The summed E-state index contributed by atoms with van der Waals surface area (Å²) >= 11 is 0. The van der Waals surface area contributed by atoms with Crippen LogP contribution in [0.15, 0.2) is 42.6 Å². The lowest BCUT2D eigenvalue weighted by Crippen LogP contribution is -2.35. The second kappa shape index (κ2) is 6.72. The number of pyridine rings is 1. The highest BCUT2D eigenvalue weighted by Crippen LogP contribution is 2.21. The van der Waals surface area contributed by atoms with Crippen molar-refractivity contribution in [1.29, 1.82) is 0 Å². The fourth-order valence-corrected chi connectivity index (χ4v) is 1.93. The maximum Gasteiger partial charge on any atom is 0.219 e. The summed E-state index contributed by atoms with van der Waals surface area (Å²) in [5.74, 6) is 1.47. The van der Waals surface area contributed by atoms with Crippen molar-refractivity contribution in [3.05, 3.63) is 53.7 Å². The normalized spacial score (nSPS) is 11.4. The van der Waals surface area contributed by atoms with Crippen molar-refractivity contribution in [2.24, 2.45) is 0 Å². The van der Waals surface area contributed by atoms with Crippen molar-refractivity contribution in [2.45, 2.75) is 46.2 Å². The summed E-state index contributed by atoms with van der Waals surface area (Å²) in [6.45, 7) is 9.40. The highest BCUT2D eigenvalue weighted by molar-refractivity contribution is 5.32. The monoisotopic (exact) mass is 284 g/mol. The van der Waals surface area contributed by atoms with Gasteiger partial charge in [-0.2, -0.15) is 0 Å². The minimum atomic E-state index is 0.0970. The van der Waals surface area contributed by atoms with E-state index in [2.05, 4.69) is 50.1 Å². The number of aryl methyl sites for hydroxylation is 1. The van der Waals surface area contributed by atoms with Crippen LogP contribution in [-0.4, -0.2) is 10.5 Å². The highest BCUT2D eigenvalue weighted by atomic mass is 16.5. The maximum absolute atomic E-state index is 5.85. The van der Waals surface area contributed by atoms with Gasteiger partial charge in [0.15, 0.2) is 0 Å². The van der Waals surface area contributed by atoms with Crippen molar-refractivity contribution < 1.29 is 4.74 Å². The van der Waals surface area contributed by atoms with Gasteiger partial charge in [-0.15, -0.1) is 0 Å². The molecule has 21 heavy (non-hydrogen) atoms. The third-order valence-corrected chi connectivity index (χ3v) is 3.15. The van der Waals surface area contributed by atoms with Gasteiger partial charge in [-0.25, -0.2) is 4.98 Å². The molecule has 2 rings (SSSR count). The predicted octanol–water partition coefficient (Wildman–Crippen LogP) is 4.32. The molecule has 112 valence electrons. The van der Waals surface area contributed by atoms with Gasteiger partial charge in [0.05, 0.1) is 0 Å². The molecule has 1 heterocycles. The summed E-state index contributed by atoms with van der Waals surface area (Å²) in [7, 11) is 0. The molecule has 3 heteroatoms. The number of ether oxygens (including phenoxy) is 1. The average Bonchev–Trinajstić information content (AvgIpc) is 2.45. The molecule has 0 bridgehead atoms. The minimum absolute atomic E-state index is 0.0970. The lowest BCUT2D eigenvalue weighted by Gasteiger charge is -2.20. The lowest BCUT2D eigenvalue weighted by atomic mass is 10.1. The Kier molecular flexibility index (Phi) is 4.97. The van der Waals surface area contributed by atoms with Crippen LogP contribution in [0.25, 0.3) is 0 Å². The van der Waals surface area contributed by atoms with E-state index in [0.29, 0.717) is 5.88 Å². The summed E-state index contributed by atoms with van der Waals surface area (Å²) in [6, 6.07) is 12.1. The number of aromatic nitrogens is 1. The topological polar surface area (TPSA) is 34.1 Å². The van der Waals surface area contributed by atoms with Crippen LogP contribution in [0, 0.1) is 0 Å². The van der Waals surface area contributed by atoms with Gasteiger partial charge >= 0.3 is 0 Å². The Morgan fingerprint density at radius 3 is 2.62 bits per heavy atom. The van der Waals surface area contributed by atoms with Gasteiger partial charge < -0.3 is 10.1 Å². The Hall–Kier alpha value is -1.87. The van der Waals surface area contributed by atoms with Crippen LogP contribution in [0.2, 0.25) is 0 Å². The van der Waals surface area contributed by atoms with E-state index in [1.165, 1.54) is 11.1 Å². The Morgan fingerprint density at radius 1 is 1.10 bits per heavy atom. The Balaban J connectivity index is 2.06. The standard InChI is InChI=1S/C18H24N2O/c1-5-14-7-6-8-16(11-14)21-17-12-15(9-10-19-17)13-20-18(2,3)4/h6-12,20H,5,13H2,1-4H3. The van der Waals surface area contributed by atoms with Gasteiger partial charge in [0, 0.05) is 24.3 Å². The number of hydrogen-bond donors (Lipinski definition) is 1. The van der Waals surface area contributed by atoms with Crippen LogP contribution in [0.3, 0.4) is 0 Å². The van der Waals surface area contributed by atoms with Crippen molar-refractivity contribution in [2.75, 3.05) is 0 Å². The van der Waals surface area contributed by atoms with Crippen LogP contribution in [-0.2, 0) is 13.0 Å². The van der Waals surface area contributed by atoms with Crippen LogP contribution in [0.1, 0.15) is 38.8 Å². The third kappa shape index (κ3) is 5.20. The average molecular weight is 284 g/mol.